The summed E-state index contributed by atoms with van der Waals surface area (Å²) in [4.78, 5) is 17.4. The second-order valence-electron chi connectivity index (χ2n) is 5.99. The maximum Gasteiger partial charge on any atom is 0.341 e. The van der Waals surface area contributed by atoms with Crippen LogP contribution in [0.3, 0.4) is 0 Å². The van der Waals surface area contributed by atoms with Crippen LogP contribution in [-0.2, 0) is 30.4 Å². The van der Waals surface area contributed by atoms with Crippen LogP contribution in [0.2, 0.25) is 5.02 Å². The quantitative estimate of drug-likeness (QED) is 0.139. The maximum atomic E-state index is 14.1. The standard InChI is InChI=1S/C21H19ClF3NO5/c1-28-9-14(21(27)30-3)12-5-4-6-15(22)13(12)10-31-26-18(11-29-2)19-16(23)7-8-17(24)20(19)25/h4-9H,10-11H2,1-3H3/b14-9+,26-18+. The van der Waals surface area contributed by atoms with E-state index in [1.54, 1.807) is 18.2 Å². The molecule has 0 aliphatic heterocycles. The number of methoxy groups -OCH3 is 3. The summed E-state index contributed by atoms with van der Waals surface area (Å²) < 4.78 is 56.4. The summed E-state index contributed by atoms with van der Waals surface area (Å²) >= 11 is 6.24. The van der Waals surface area contributed by atoms with Crippen molar-refractivity contribution in [3.63, 3.8) is 0 Å². The molecule has 2 aromatic carbocycles. The average molecular weight is 458 g/mol. The van der Waals surface area contributed by atoms with Crippen LogP contribution in [0.5, 0.6) is 0 Å². The first-order valence-corrected chi connectivity index (χ1v) is 9.14. The number of ether oxygens (including phenoxy) is 3. The number of hydrogen-bond acceptors (Lipinski definition) is 6. The molecule has 2 aromatic rings. The van der Waals surface area contributed by atoms with Crippen molar-refractivity contribution >= 4 is 28.9 Å². The summed E-state index contributed by atoms with van der Waals surface area (Å²) in [5.74, 6) is -4.39. The molecule has 0 radical (unpaired) electrons. The molecule has 0 saturated heterocycles. The third kappa shape index (κ3) is 5.77. The van der Waals surface area contributed by atoms with E-state index in [1.807, 2.05) is 0 Å². The lowest BCUT2D eigenvalue weighted by Gasteiger charge is -2.13. The van der Waals surface area contributed by atoms with Crippen molar-refractivity contribution in [1.82, 2.24) is 0 Å². The van der Waals surface area contributed by atoms with Gasteiger partial charge in [0.15, 0.2) is 11.6 Å². The topological polar surface area (TPSA) is 66.4 Å². The average Bonchev–Trinajstić information content (AvgIpc) is 2.75. The van der Waals surface area contributed by atoms with Gasteiger partial charge in [-0.1, -0.05) is 28.9 Å². The minimum Gasteiger partial charge on any atom is -0.503 e. The van der Waals surface area contributed by atoms with Gasteiger partial charge < -0.3 is 19.0 Å². The Balaban J connectivity index is 2.42. The van der Waals surface area contributed by atoms with E-state index in [0.717, 1.165) is 6.07 Å². The van der Waals surface area contributed by atoms with E-state index in [1.165, 1.54) is 27.6 Å². The smallest absolute Gasteiger partial charge is 0.341 e. The Bertz CT molecular complexity index is 1010. The largest absolute Gasteiger partial charge is 0.503 e. The lowest BCUT2D eigenvalue weighted by Crippen LogP contribution is -2.15. The van der Waals surface area contributed by atoms with E-state index in [2.05, 4.69) is 5.16 Å². The summed E-state index contributed by atoms with van der Waals surface area (Å²) in [6.45, 7) is -0.650. The predicted molar refractivity (Wildman–Crippen MR) is 108 cm³/mol. The number of rotatable bonds is 9. The van der Waals surface area contributed by atoms with E-state index < -0.39 is 29.0 Å². The fourth-order valence-corrected chi connectivity index (χ4v) is 2.88. The molecule has 6 nitrogen and oxygen atoms in total. The van der Waals surface area contributed by atoms with Crippen molar-refractivity contribution in [3.05, 3.63) is 75.8 Å². The van der Waals surface area contributed by atoms with Gasteiger partial charge in [0.1, 0.15) is 23.7 Å². The Labute approximate surface area is 181 Å². The molecule has 0 heterocycles. The third-order valence-electron chi connectivity index (χ3n) is 4.05. The lowest BCUT2D eigenvalue weighted by atomic mass is 10.0. The highest BCUT2D eigenvalue weighted by molar-refractivity contribution is 6.32. The molecule has 0 aliphatic carbocycles. The molecule has 0 aliphatic rings. The van der Waals surface area contributed by atoms with E-state index >= 15 is 0 Å². The summed E-state index contributed by atoms with van der Waals surface area (Å²) in [5, 5.41) is 3.95. The normalized spacial score (nSPS) is 12.0. The van der Waals surface area contributed by atoms with Crippen LogP contribution in [0.1, 0.15) is 16.7 Å². The van der Waals surface area contributed by atoms with Gasteiger partial charge in [-0.3, -0.25) is 0 Å². The molecule has 0 amide bonds. The van der Waals surface area contributed by atoms with Crippen LogP contribution in [0, 0.1) is 17.5 Å². The lowest BCUT2D eigenvalue weighted by molar-refractivity contribution is -0.133. The zero-order valence-corrected chi connectivity index (χ0v) is 17.6. The van der Waals surface area contributed by atoms with Crippen molar-refractivity contribution < 1.29 is 37.0 Å². The molecule has 0 N–H and O–H groups in total. The number of hydrogen-bond donors (Lipinski definition) is 0. The van der Waals surface area contributed by atoms with Crippen LogP contribution in [-0.4, -0.2) is 39.6 Å². The highest BCUT2D eigenvalue weighted by Gasteiger charge is 2.21. The van der Waals surface area contributed by atoms with Crippen LogP contribution in [0.15, 0.2) is 41.7 Å². The zero-order valence-electron chi connectivity index (χ0n) is 16.9. The molecule has 0 atom stereocenters. The number of carbonyl (C=O) groups excluding carboxylic acids is 1. The molecule has 0 aromatic heterocycles. The Hall–Kier alpha value is -3.04. The van der Waals surface area contributed by atoms with Crippen LogP contribution in [0.4, 0.5) is 13.2 Å². The summed E-state index contributed by atoms with van der Waals surface area (Å²) in [7, 11) is 3.83. The molecule has 10 heteroatoms. The monoisotopic (exact) mass is 457 g/mol. The van der Waals surface area contributed by atoms with Crippen molar-refractivity contribution in [2.75, 3.05) is 27.9 Å². The molecule has 2 rings (SSSR count). The third-order valence-corrected chi connectivity index (χ3v) is 4.40. The number of esters is 1. The van der Waals surface area contributed by atoms with Crippen LogP contribution in [0.25, 0.3) is 5.57 Å². The van der Waals surface area contributed by atoms with Crippen molar-refractivity contribution in [2.24, 2.45) is 5.16 Å². The Morgan fingerprint density at radius 1 is 1.10 bits per heavy atom. The van der Waals surface area contributed by atoms with E-state index in [9.17, 15) is 18.0 Å². The Morgan fingerprint density at radius 2 is 1.81 bits per heavy atom. The Morgan fingerprint density at radius 3 is 2.45 bits per heavy atom. The number of benzene rings is 2. The molecule has 31 heavy (non-hydrogen) atoms. The first-order valence-electron chi connectivity index (χ1n) is 8.76. The van der Waals surface area contributed by atoms with Gasteiger partial charge in [-0.15, -0.1) is 0 Å². The minimum atomic E-state index is -1.42. The Kier molecular flexibility index (Phi) is 8.89. The fourth-order valence-electron chi connectivity index (χ4n) is 2.65. The summed E-state index contributed by atoms with van der Waals surface area (Å²) in [6, 6.07) is 6.16. The van der Waals surface area contributed by atoms with Crippen molar-refractivity contribution in [3.8, 4) is 0 Å². The first kappa shape index (κ1) is 24.2. The molecule has 0 spiro atoms. The second kappa shape index (κ2) is 11.4. The molecular formula is C21H19ClF3NO5. The number of nitrogens with zero attached hydrogens (tertiary/aromatic N) is 1. The molecular weight excluding hydrogens is 439 g/mol. The highest BCUT2D eigenvalue weighted by Crippen LogP contribution is 2.28. The molecule has 0 unspecified atom stereocenters. The van der Waals surface area contributed by atoms with Gasteiger partial charge in [-0.05, 0) is 18.2 Å². The van der Waals surface area contributed by atoms with Crippen LogP contribution >= 0.6 is 11.6 Å². The van der Waals surface area contributed by atoms with E-state index in [-0.39, 0.29) is 29.5 Å². The van der Waals surface area contributed by atoms with Crippen molar-refractivity contribution in [2.45, 2.75) is 6.61 Å². The van der Waals surface area contributed by atoms with Crippen LogP contribution < -0.4 is 0 Å². The first-order chi connectivity index (χ1) is 14.8. The SMILES string of the molecule is CO/C=C(/C(=O)OC)c1cccc(Cl)c1CO/N=C(\COC)c1c(F)ccc(F)c1F. The predicted octanol–water partition coefficient (Wildman–Crippen LogP) is 4.48. The number of halogens is 4. The van der Waals surface area contributed by atoms with Gasteiger partial charge in [0, 0.05) is 23.3 Å². The molecule has 0 bridgehead atoms. The second-order valence-corrected chi connectivity index (χ2v) is 6.39. The van der Waals surface area contributed by atoms with Gasteiger partial charge in [0.2, 0.25) is 0 Å². The molecule has 166 valence electrons. The van der Waals surface area contributed by atoms with Gasteiger partial charge in [0.25, 0.3) is 0 Å². The summed E-state index contributed by atoms with van der Waals surface area (Å²) in [6.07, 6.45) is 1.18. The van der Waals surface area contributed by atoms with Gasteiger partial charge in [-0.25, -0.2) is 18.0 Å². The highest BCUT2D eigenvalue weighted by atomic mass is 35.5. The van der Waals surface area contributed by atoms with Crippen molar-refractivity contribution in [1.29, 1.82) is 0 Å². The van der Waals surface area contributed by atoms with Gasteiger partial charge >= 0.3 is 5.97 Å². The molecule has 0 fully saturated rings. The number of carbonyl (C=O) groups is 1. The minimum absolute atomic E-state index is 0.0643. The van der Waals surface area contributed by atoms with Gasteiger partial charge in [-0.2, -0.15) is 0 Å². The maximum absolute atomic E-state index is 14.1. The van der Waals surface area contributed by atoms with E-state index in [4.69, 9.17) is 30.6 Å². The zero-order chi connectivity index (χ0) is 23.0. The number of oxime groups is 1. The summed E-state index contributed by atoms with van der Waals surface area (Å²) in [5.41, 5.74) is -0.289. The van der Waals surface area contributed by atoms with Gasteiger partial charge in [0.05, 0.1) is 32.7 Å². The van der Waals surface area contributed by atoms with E-state index in [0.29, 0.717) is 17.2 Å². The molecule has 0 saturated carbocycles. The fraction of sp³-hybridized carbons (Fsp3) is 0.238.